The number of aromatic nitrogens is 3. The lowest BCUT2D eigenvalue weighted by Crippen LogP contribution is -2.41. The number of nitrogens with one attached hydrogen (secondary N) is 1. The lowest BCUT2D eigenvalue weighted by atomic mass is 10.1. The van der Waals surface area contributed by atoms with Crippen LogP contribution < -0.4 is 16.8 Å². The number of primary amides is 2. The molecule has 0 bridgehead atoms. The summed E-state index contributed by atoms with van der Waals surface area (Å²) in [6.07, 6.45) is 1.57. The monoisotopic (exact) mass is 483 g/mol. The largest absolute Gasteiger partial charge is 0.369 e. The molecule has 176 valence electrons. The highest BCUT2D eigenvalue weighted by atomic mass is 35.5. The molecule has 3 aromatic rings. The zero-order chi connectivity index (χ0) is 24.4. The number of hydrogen-bond donors (Lipinski definition) is 3. The number of carbonyl (C=O) groups excluding carboxylic acids is 4. The fraction of sp³-hybridized carbons (Fsp3) is 0.273. The number of hydrogen-bond acceptors (Lipinski definition) is 6. The molecule has 4 amide bonds. The van der Waals surface area contributed by atoms with Gasteiger partial charge in [-0.3, -0.25) is 23.9 Å². The number of halogens is 1. The van der Waals surface area contributed by atoms with Crippen LogP contribution in [0.1, 0.15) is 28.9 Å². The number of carbonyl (C=O) groups is 4. The molecule has 12 heteroatoms. The molecule has 1 aliphatic rings. The van der Waals surface area contributed by atoms with Gasteiger partial charge in [-0.15, -0.1) is 0 Å². The number of pyridine rings is 1. The van der Waals surface area contributed by atoms with Crippen LogP contribution in [0.15, 0.2) is 36.4 Å². The molecule has 0 atom stereocenters. The van der Waals surface area contributed by atoms with Crippen molar-refractivity contribution in [2.75, 3.05) is 11.9 Å². The van der Waals surface area contributed by atoms with E-state index in [9.17, 15) is 19.2 Å². The van der Waals surface area contributed by atoms with Crippen molar-refractivity contribution >= 4 is 52.0 Å². The van der Waals surface area contributed by atoms with Gasteiger partial charge < -0.3 is 21.7 Å². The second-order valence-electron chi connectivity index (χ2n) is 8.01. The number of rotatable bonds is 9. The van der Waals surface area contributed by atoms with E-state index in [-0.39, 0.29) is 48.1 Å². The first-order chi connectivity index (χ1) is 16.2. The highest BCUT2D eigenvalue weighted by molar-refractivity contribution is 6.29. The molecule has 0 spiro atoms. The Hall–Kier alpha value is -3.99. The van der Waals surface area contributed by atoms with Crippen LogP contribution in [0.25, 0.3) is 10.9 Å². The zero-order valence-corrected chi connectivity index (χ0v) is 18.8. The Kier molecular flexibility index (Phi) is 6.46. The molecule has 34 heavy (non-hydrogen) atoms. The summed E-state index contributed by atoms with van der Waals surface area (Å²) >= 11 is 5.85. The second kappa shape index (κ2) is 9.48. The van der Waals surface area contributed by atoms with Gasteiger partial charge in [-0.25, -0.2) is 4.98 Å². The minimum atomic E-state index is -0.764. The van der Waals surface area contributed by atoms with Gasteiger partial charge in [0.15, 0.2) is 5.69 Å². The number of nitrogens with zero attached hydrogens (tertiary/aromatic N) is 4. The fourth-order valence-electron chi connectivity index (χ4n) is 3.68. The summed E-state index contributed by atoms with van der Waals surface area (Å²) < 4.78 is 1.37. The van der Waals surface area contributed by atoms with Gasteiger partial charge in [0, 0.05) is 11.4 Å². The van der Waals surface area contributed by atoms with Gasteiger partial charge in [-0.2, -0.15) is 5.10 Å². The fourth-order valence-corrected chi connectivity index (χ4v) is 3.84. The van der Waals surface area contributed by atoms with E-state index in [1.165, 1.54) is 9.58 Å². The molecule has 2 aromatic heterocycles. The minimum Gasteiger partial charge on any atom is -0.369 e. The molecule has 1 fully saturated rings. The Balaban J connectivity index is 1.53. The van der Waals surface area contributed by atoms with Crippen LogP contribution in [0.2, 0.25) is 5.15 Å². The van der Waals surface area contributed by atoms with Crippen LogP contribution in [0.4, 0.5) is 5.82 Å². The van der Waals surface area contributed by atoms with E-state index in [0.29, 0.717) is 16.5 Å². The first-order valence-corrected chi connectivity index (χ1v) is 10.9. The van der Waals surface area contributed by atoms with Crippen molar-refractivity contribution in [3.05, 3.63) is 52.8 Å². The molecule has 1 aliphatic carbocycles. The predicted octanol–water partition coefficient (Wildman–Crippen LogP) is 0.841. The van der Waals surface area contributed by atoms with E-state index < -0.39 is 17.7 Å². The van der Waals surface area contributed by atoms with Gasteiger partial charge in [0.1, 0.15) is 24.1 Å². The van der Waals surface area contributed by atoms with Gasteiger partial charge in [-0.1, -0.05) is 23.7 Å². The standard InChI is InChI=1S/C22H22ClN7O4/c23-16-2-1-3-18(26-16)27-19(32)10-29(13-5-6-13)20(33)11-30-15-7-4-12(9-17(24)31)8-14(15)21(28-30)22(25)34/h1-4,7-8,13H,5-6,9-11H2,(H2,24,31)(H2,25,34)(H,26,27,32). The topological polar surface area (TPSA) is 166 Å². The quantitative estimate of drug-likeness (QED) is 0.381. The Morgan fingerprint density at radius 2 is 1.91 bits per heavy atom. The van der Waals surface area contributed by atoms with Crippen molar-refractivity contribution in [1.82, 2.24) is 19.7 Å². The maximum absolute atomic E-state index is 13.1. The molecule has 0 radical (unpaired) electrons. The van der Waals surface area contributed by atoms with E-state index in [4.69, 9.17) is 23.1 Å². The molecule has 0 aliphatic heterocycles. The minimum absolute atomic E-state index is 0.00962. The van der Waals surface area contributed by atoms with Gasteiger partial charge in [-0.05, 0) is 42.7 Å². The smallest absolute Gasteiger partial charge is 0.269 e. The Bertz CT molecular complexity index is 1300. The van der Waals surface area contributed by atoms with Crippen LogP contribution in [0, 0.1) is 0 Å². The molecule has 5 N–H and O–H groups in total. The Morgan fingerprint density at radius 1 is 1.15 bits per heavy atom. The molecule has 11 nitrogen and oxygen atoms in total. The highest BCUT2D eigenvalue weighted by Crippen LogP contribution is 2.28. The van der Waals surface area contributed by atoms with Crippen molar-refractivity contribution < 1.29 is 19.2 Å². The average molecular weight is 484 g/mol. The van der Waals surface area contributed by atoms with Crippen LogP contribution >= 0.6 is 11.6 Å². The number of nitrogens with two attached hydrogens (primary N) is 2. The number of amides is 4. The lowest BCUT2D eigenvalue weighted by molar-refractivity contribution is -0.135. The second-order valence-corrected chi connectivity index (χ2v) is 8.40. The summed E-state index contributed by atoms with van der Waals surface area (Å²) in [5.41, 5.74) is 11.8. The maximum Gasteiger partial charge on any atom is 0.269 e. The molecular formula is C22H22ClN7O4. The Morgan fingerprint density at radius 3 is 2.56 bits per heavy atom. The van der Waals surface area contributed by atoms with Crippen LogP contribution in [-0.4, -0.2) is 55.9 Å². The van der Waals surface area contributed by atoms with E-state index in [1.54, 1.807) is 36.4 Å². The lowest BCUT2D eigenvalue weighted by Gasteiger charge is -2.22. The van der Waals surface area contributed by atoms with Crippen LogP contribution in [-0.2, 0) is 27.3 Å². The third kappa shape index (κ3) is 5.31. The Labute approximate surface area is 199 Å². The number of benzene rings is 1. The van der Waals surface area contributed by atoms with Gasteiger partial charge in [0.25, 0.3) is 5.91 Å². The van der Waals surface area contributed by atoms with Crippen molar-refractivity contribution in [2.24, 2.45) is 11.5 Å². The summed E-state index contributed by atoms with van der Waals surface area (Å²) in [6, 6.07) is 9.72. The summed E-state index contributed by atoms with van der Waals surface area (Å²) in [5, 5.41) is 7.51. The van der Waals surface area contributed by atoms with E-state index in [0.717, 1.165) is 12.8 Å². The average Bonchev–Trinajstić information content (AvgIpc) is 3.53. The van der Waals surface area contributed by atoms with Gasteiger partial charge in [0.05, 0.1) is 11.9 Å². The van der Waals surface area contributed by atoms with Crippen molar-refractivity contribution in [3.63, 3.8) is 0 Å². The number of fused-ring (bicyclic) bond motifs is 1. The van der Waals surface area contributed by atoms with Crippen molar-refractivity contribution in [1.29, 1.82) is 0 Å². The van der Waals surface area contributed by atoms with Gasteiger partial charge >= 0.3 is 0 Å². The van der Waals surface area contributed by atoms with E-state index >= 15 is 0 Å². The third-order valence-electron chi connectivity index (χ3n) is 5.32. The number of anilines is 1. The zero-order valence-electron chi connectivity index (χ0n) is 18.0. The molecule has 2 heterocycles. The van der Waals surface area contributed by atoms with E-state index in [1.807, 2.05) is 0 Å². The molecule has 0 unspecified atom stereocenters. The summed E-state index contributed by atoms with van der Waals surface area (Å²) in [7, 11) is 0. The molecular weight excluding hydrogens is 462 g/mol. The SMILES string of the molecule is NC(=O)Cc1ccc2c(c1)c(C(N)=O)nn2CC(=O)N(CC(=O)Nc1cccc(Cl)n1)C1CC1. The highest BCUT2D eigenvalue weighted by Gasteiger charge is 2.34. The molecule has 1 aromatic carbocycles. The third-order valence-corrected chi connectivity index (χ3v) is 5.53. The summed E-state index contributed by atoms with van der Waals surface area (Å²) in [5.74, 6) is -1.74. The summed E-state index contributed by atoms with van der Waals surface area (Å²) in [4.78, 5) is 54.4. The van der Waals surface area contributed by atoms with Crippen molar-refractivity contribution in [3.8, 4) is 0 Å². The predicted molar refractivity (Wildman–Crippen MR) is 124 cm³/mol. The first kappa shape index (κ1) is 23.2. The van der Waals surface area contributed by atoms with Crippen LogP contribution in [0.3, 0.4) is 0 Å². The molecule has 1 saturated carbocycles. The first-order valence-electron chi connectivity index (χ1n) is 10.5. The molecule has 0 saturated heterocycles. The summed E-state index contributed by atoms with van der Waals surface area (Å²) in [6.45, 7) is -0.361. The molecule has 4 rings (SSSR count). The van der Waals surface area contributed by atoms with Gasteiger partial charge in [0.2, 0.25) is 17.7 Å². The van der Waals surface area contributed by atoms with Crippen LogP contribution in [0.5, 0.6) is 0 Å². The van der Waals surface area contributed by atoms with Crippen molar-refractivity contribution in [2.45, 2.75) is 31.8 Å². The normalized spacial score (nSPS) is 13.0. The maximum atomic E-state index is 13.1. The van der Waals surface area contributed by atoms with E-state index in [2.05, 4.69) is 15.4 Å².